The molecule has 0 spiro atoms. The Hall–Kier alpha value is -2.91. The van der Waals surface area contributed by atoms with E-state index in [1.165, 1.54) is 11.9 Å². The molecule has 1 aromatic heterocycles. The number of carbonyl (C=O) groups is 3. The topological polar surface area (TPSA) is 99.2 Å². The number of likely N-dealkylation sites (N-methyl/N-ethyl adjacent to an activating group) is 1. The molecule has 10 heteroatoms. The Balaban J connectivity index is 1.56. The number of carbonyl (C=O) groups excluding carboxylic acids is 3. The number of hydrogen-bond acceptors (Lipinski definition) is 7. The summed E-state index contributed by atoms with van der Waals surface area (Å²) in [6.07, 6.45) is 1.62. The lowest BCUT2D eigenvalue weighted by atomic mass is 10.3. The molecule has 0 atom stereocenters. The van der Waals surface area contributed by atoms with Crippen LogP contribution in [0.5, 0.6) is 5.88 Å². The van der Waals surface area contributed by atoms with Gasteiger partial charge in [-0.2, -0.15) is 4.98 Å². The van der Waals surface area contributed by atoms with Crippen LogP contribution in [0.2, 0.25) is 0 Å². The molecule has 3 rings (SSSR count). The van der Waals surface area contributed by atoms with Gasteiger partial charge < -0.3 is 19.4 Å². The number of urea groups is 1. The molecule has 3 heterocycles. The fourth-order valence-corrected chi connectivity index (χ4v) is 2.81. The second kappa shape index (κ2) is 6.91. The first kappa shape index (κ1) is 16.9. The maximum atomic E-state index is 12.4. The third-order valence-electron chi connectivity index (χ3n) is 4.27. The highest BCUT2D eigenvalue weighted by molar-refractivity contribution is 6.04. The maximum absolute atomic E-state index is 12.4. The SMILES string of the molecule is COc1ccnc(N2CCN(C(=O)CN3C(=O)CN(C)C3=O)CC2)n1. The van der Waals surface area contributed by atoms with E-state index in [4.69, 9.17) is 4.74 Å². The van der Waals surface area contributed by atoms with Gasteiger partial charge in [-0.15, -0.1) is 0 Å². The summed E-state index contributed by atoms with van der Waals surface area (Å²) in [6.45, 7) is 1.91. The largest absolute Gasteiger partial charge is 0.481 e. The summed E-state index contributed by atoms with van der Waals surface area (Å²) in [5.41, 5.74) is 0. The van der Waals surface area contributed by atoms with E-state index in [1.807, 2.05) is 4.90 Å². The van der Waals surface area contributed by atoms with Gasteiger partial charge in [-0.3, -0.25) is 14.5 Å². The lowest BCUT2D eigenvalue weighted by Crippen LogP contribution is -2.52. The number of ether oxygens (including phenoxy) is 1. The van der Waals surface area contributed by atoms with Crippen molar-refractivity contribution in [2.45, 2.75) is 0 Å². The molecule has 4 amide bonds. The average Bonchev–Trinajstić information content (AvgIpc) is 2.88. The number of methoxy groups -OCH3 is 1. The van der Waals surface area contributed by atoms with Gasteiger partial charge in [0.15, 0.2) is 0 Å². The Bertz CT molecular complexity index is 688. The van der Waals surface area contributed by atoms with Crippen LogP contribution in [0, 0.1) is 0 Å². The first-order chi connectivity index (χ1) is 12.0. The molecule has 0 bridgehead atoms. The fourth-order valence-electron chi connectivity index (χ4n) is 2.81. The molecule has 1 aromatic rings. The van der Waals surface area contributed by atoms with Crippen LogP contribution in [0.1, 0.15) is 0 Å². The van der Waals surface area contributed by atoms with E-state index in [1.54, 1.807) is 24.3 Å². The monoisotopic (exact) mass is 348 g/mol. The Kier molecular flexibility index (Phi) is 4.68. The molecular weight excluding hydrogens is 328 g/mol. The highest BCUT2D eigenvalue weighted by Crippen LogP contribution is 2.15. The molecule has 0 N–H and O–H groups in total. The first-order valence-corrected chi connectivity index (χ1v) is 7.95. The summed E-state index contributed by atoms with van der Waals surface area (Å²) in [6, 6.07) is 1.24. The van der Waals surface area contributed by atoms with Gasteiger partial charge in [0.2, 0.25) is 17.7 Å². The van der Waals surface area contributed by atoms with Crippen LogP contribution in [-0.4, -0.2) is 95.9 Å². The molecule has 0 aromatic carbocycles. The minimum Gasteiger partial charge on any atom is -0.481 e. The van der Waals surface area contributed by atoms with Crippen LogP contribution in [-0.2, 0) is 9.59 Å². The predicted molar refractivity (Wildman–Crippen MR) is 87.1 cm³/mol. The number of anilines is 1. The predicted octanol–water partition coefficient (Wildman–Crippen LogP) is -0.972. The van der Waals surface area contributed by atoms with Crippen LogP contribution >= 0.6 is 0 Å². The number of imide groups is 1. The molecule has 2 saturated heterocycles. The number of piperazine rings is 1. The average molecular weight is 348 g/mol. The van der Waals surface area contributed by atoms with Crippen molar-refractivity contribution in [3.63, 3.8) is 0 Å². The number of rotatable bonds is 4. The molecule has 2 aliphatic heterocycles. The lowest BCUT2D eigenvalue weighted by Gasteiger charge is -2.35. The summed E-state index contributed by atoms with van der Waals surface area (Å²) in [4.78, 5) is 50.4. The molecule has 134 valence electrons. The molecule has 0 saturated carbocycles. The summed E-state index contributed by atoms with van der Waals surface area (Å²) >= 11 is 0. The fraction of sp³-hybridized carbons (Fsp3) is 0.533. The van der Waals surface area contributed by atoms with Crippen LogP contribution in [0.15, 0.2) is 12.3 Å². The molecule has 25 heavy (non-hydrogen) atoms. The van der Waals surface area contributed by atoms with Crippen molar-refractivity contribution in [3.8, 4) is 5.88 Å². The van der Waals surface area contributed by atoms with Crippen molar-refractivity contribution in [3.05, 3.63) is 12.3 Å². The van der Waals surface area contributed by atoms with E-state index in [-0.39, 0.29) is 24.9 Å². The van der Waals surface area contributed by atoms with Gasteiger partial charge in [0, 0.05) is 45.5 Å². The number of hydrogen-bond donors (Lipinski definition) is 0. The Labute approximate surface area is 145 Å². The van der Waals surface area contributed by atoms with Crippen molar-refractivity contribution in [2.24, 2.45) is 0 Å². The molecule has 0 unspecified atom stereocenters. The summed E-state index contributed by atoms with van der Waals surface area (Å²) in [7, 11) is 3.08. The summed E-state index contributed by atoms with van der Waals surface area (Å²) in [5.74, 6) is 0.462. The van der Waals surface area contributed by atoms with Crippen molar-refractivity contribution >= 4 is 23.8 Å². The third-order valence-corrected chi connectivity index (χ3v) is 4.27. The van der Waals surface area contributed by atoms with Gasteiger partial charge >= 0.3 is 6.03 Å². The molecular formula is C15H20N6O4. The van der Waals surface area contributed by atoms with E-state index in [2.05, 4.69) is 9.97 Å². The van der Waals surface area contributed by atoms with E-state index in [0.717, 1.165) is 4.90 Å². The highest BCUT2D eigenvalue weighted by atomic mass is 16.5. The number of aromatic nitrogens is 2. The lowest BCUT2D eigenvalue weighted by molar-refractivity contribution is -0.136. The normalized spacial score (nSPS) is 18.2. The van der Waals surface area contributed by atoms with E-state index >= 15 is 0 Å². The van der Waals surface area contributed by atoms with Gasteiger partial charge in [-0.25, -0.2) is 9.78 Å². The van der Waals surface area contributed by atoms with Crippen molar-refractivity contribution in [2.75, 3.05) is 58.3 Å². The zero-order valence-electron chi connectivity index (χ0n) is 14.2. The third kappa shape index (κ3) is 3.47. The smallest absolute Gasteiger partial charge is 0.327 e. The zero-order chi connectivity index (χ0) is 18.0. The second-order valence-electron chi connectivity index (χ2n) is 5.89. The molecule has 10 nitrogen and oxygen atoms in total. The standard InChI is InChI=1S/C15H20N6O4/c1-18-9-13(23)21(15(18)24)10-12(22)19-5-7-20(8-6-19)14-16-4-3-11(17-14)25-2/h3-4H,5-10H2,1-2H3. The number of nitrogens with zero attached hydrogens (tertiary/aromatic N) is 6. The molecule has 0 aliphatic carbocycles. The Morgan fingerprint density at radius 1 is 1.24 bits per heavy atom. The zero-order valence-corrected chi connectivity index (χ0v) is 14.2. The van der Waals surface area contributed by atoms with Crippen molar-refractivity contribution in [1.82, 2.24) is 24.7 Å². The van der Waals surface area contributed by atoms with Crippen LogP contribution in [0.25, 0.3) is 0 Å². The first-order valence-electron chi connectivity index (χ1n) is 7.95. The molecule has 2 fully saturated rings. The van der Waals surface area contributed by atoms with Crippen molar-refractivity contribution < 1.29 is 19.1 Å². The van der Waals surface area contributed by atoms with Gasteiger partial charge in [-0.1, -0.05) is 0 Å². The second-order valence-corrected chi connectivity index (χ2v) is 5.89. The molecule has 2 aliphatic rings. The van der Waals surface area contributed by atoms with Gasteiger partial charge in [0.05, 0.1) is 7.11 Å². The Morgan fingerprint density at radius 2 is 1.96 bits per heavy atom. The summed E-state index contributed by atoms with van der Waals surface area (Å²) in [5, 5.41) is 0. The quantitative estimate of drug-likeness (QED) is 0.645. The van der Waals surface area contributed by atoms with Gasteiger partial charge in [0.1, 0.15) is 13.1 Å². The van der Waals surface area contributed by atoms with Gasteiger partial charge in [0.25, 0.3) is 5.91 Å². The van der Waals surface area contributed by atoms with E-state index in [9.17, 15) is 14.4 Å². The van der Waals surface area contributed by atoms with Crippen LogP contribution in [0.4, 0.5) is 10.7 Å². The molecule has 0 radical (unpaired) electrons. The maximum Gasteiger partial charge on any atom is 0.327 e. The van der Waals surface area contributed by atoms with Gasteiger partial charge in [-0.05, 0) is 0 Å². The van der Waals surface area contributed by atoms with Crippen molar-refractivity contribution in [1.29, 1.82) is 0 Å². The number of amides is 4. The summed E-state index contributed by atoms with van der Waals surface area (Å²) < 4.78 is 5.09. The van der Waals surface area contributed by atoms with Crippen LogP contribution < -0.4 is 9.64 Å². The Morgan fingerprint density at radius 3 is 2.56 bits per heavy atom. The minimum atomic E-state index is -0.429. The minimum absolute atomic E-state index is 0.0209. The van der Waals surface area contributed by atoms with E-state index in [0.29, 0.717) is 38.0 Å². The van der Waals surface area contributed by atoms with Crippen LogP contribution in [0.3, 0.4) is 0 Å². The highest BCUT2D eigenvalue weighted by Gasteiger charge is 2.36. The van der Waals surface area contributed by atoms with E-state index < -0.39 is 6.03 Å².